The Morgan fingerprint density at radius 1 is 1.21 bits per heavy atom. The van der Waals surface area contributed by atoms with E-state index in [1.165, 1.54) is 0 Å². The van der Waals surface area contributed by atoms with Crippen LogP contribution in [0.4, 0.5) is 5.82 Å². The summed E-state index contributed by atoms with van der Waals surface area (Å²) in [4.78, 5) is 19.1. The number of carbonyl (C=O) groups is 1. The van der Waals surface area contributed by atoms with E-state index in [0.717, 1.165) is 37.3 Å². The Labute approximate surface area is 139 Å². The second-order valence-corrected chi connectivity index (χ2v) is 5.97. The molecule has 24 heavy (non-hydrogen) atoms. The van der Waals surface area contributed by atoms with Crippen LogP contribution in [0, 0.1) is 0 Å². The van der Waals surface area contributed by atoms with Crippen molar-refractivity contribution in [3.05, 3.63) is 48.2 Å². The zero-order valence-corrected chi connectivity index (χ0v) is 13.1. The van der Waals surface area contributed by atoms with Crippen molar-refractivity contribution >= 4 is 22.8 Å². The number of aromatic amines is 1. The summed E-state index contributed by atoms with van der Waals surface area (Å²) in [7, 11) is 0. The summed E-state index contributed by atoms with van der Waals surface area (Å²) in [5.74, 6) is 0.883. The molecule has 1 atom stereocenters. The van der Waals surface area contributed by atoms with Gasteiger partial charge < -0.3 is 10.2 Å². The number of H-pyrrole nitrogens is 1. The summed E-state index contributed by atoms with van der Waals surface area (Å²) in [6, 6.07) is 11.3. The zero-order chi connectivity index (χ0) is 16.4. The van der Waals surface area contributed by atoms with E-state index in [2.05, 4.69) is 30.6 Å². The first-order chi connectivity index (χ1) is 11.8. The van der Waals surface area contributed by atoms with Gasteiger partial charge in [-0.15, -0.1) is 0 Å². The molecule has 122 valence electrons. The maximum absolute atomic E-state index is 12.5. The number of benzene rings is 1. The highest BCUT2D eigenvalue weighted by atomic mass is 16.1. The van der Waals surface area contributed by atoms with E-state index >= 15 is 0 Å². The first-order valence-corrected chi connectivity index (χ1v) is 8.07. The van der Waals surface area contributed by atoms with Gasteiger partial charge in [-0.3, -0.25) is 4.79 Å². The number of amides is 1. The van der Waals surface area contributed by atoms with E-state index in [0.29, 0.717) is 11.1 Å². The third-order valence-corrected chi connectivity index (χ3v) is 4.31. The molecular weight excluding hydrogens is 304 g/mol. The Balaban J connectivity index is 1.45. The van der Waals surface area contributed by atoms with E-state index in [1.54, 1.807) is 24.4 Å². The van der Waals surface area contributed by atoms with Crippen molar-refractivity contribution < 1.29 is 4.79 Å². The molecule has 3 aromatic rings. The van der Waals surface area contributed by atoms with Crippen LogP contribution in [-0.4, -0.2) is 45.4 Å². The van der Waals surface area contributed by atoms with Gasteiger partial charge in [0.25, 0.3) is 5.91 Å². The molecule has 7 nitrogen and oxygen atoms in total. The number of fused-ring (bicyclic) bond motifs is 1. The maximum atomic E-state index is 12.5. The lowest BCUT2D eigenvalue weighted by Gasteiger charge is -2.34. The molecule has 0 radical (unpaired) electrons. The van der Waals surface area contributed by atoms with Gasteiger partial charge in [0.1, 0.15) is 16.9 Å². The lowest BCUT2D eigenvalue weighted by atomic mass is 10.0. The normalized spacial score (nSPS) is 17.8. The van der Waals surface area contributed by atoms with Gasteiger partial charge in [-0.05, 0) is 43.2 Å². The number of nitrogens with zero attached hydrogens (tertiary/aromatic N) is 4. The van der Waals surface area contributed by atoms with Crippen molar-refractivity contribution in [1.29, 1.82) is 0 Å². The van der Waals surface area contributed by atoms with Crippen molar-refractivity contribution in [2.75, 3.05) is 18.0 Å². The highest BCUT2D eigenvalue weighted by molar-refractivity contribution is 5.97. The van der Waals surface area contributed by atoms with E-state index in [-0.39, 0.29) is 11.9 Å². The van der Waals surface area contributed by atoms with E-state index in [9.17, 15) is 4.79 Å². The average Bonchev–Trinajstić information content (AvgIpc) is 3.10. The van der Waals surface area contributed by atoms with Crippen LogP contribution in [-0.2, 0) is 0 Å². The summed E-state index contributed by atoms with van der Waals surface area (Å²) >= 11 is 0. The van der Waals surface area contributed by atoms with Crippen molar-refractivity contribution in [2.24, 2.45) is 0 Å². The highest BCUT2D eigenvalue weighted by Gasteiger charge is 2.22. The fourth-order valence-corrected chi connectivity index (χ4v) is 3.09. The number of pyridine rings is 1. The minimum Gasteiger partial charge on any atom is -0.355 e. The Kier molecular flexibility index (Phi) is 3.82. The molecule has 1 unspecified atom stereocenters. The molecule has 1 amide bonds. The molecule has 1 aromatic carbocycles. The van der Waals surface area contributed by atoms with Gasteiger partial charge >= 0.3 is 0 Å². The predicted octanol–water partition coefficient (Wildman–Crippen LogP) is 1.75. The Morgan fingerprint density at radius 2 is 2.12 bits per heavy atom. The van der Waals surface area contributed by atoms with E-state index in [1.807, 2.05) is 18.2 Å². The summed E-state index contributed by atoms with van der Waals surface area (Å²) in [6.07, 6.45) is 3.80. The van der Waals surface area contributed by atoms with Crippen LogP contribution < -0.4 is 10.2 Å². The van der Waals surface area contributed by atoms with Gasteiger partial charge in [-0.25, -0.2) is 4.98 Å². The van der Waals surface area contributed by atoms with E-state index < -0.39 is 0 Å². The van der Waals surface area contributed by atoms with Crippen LogP contribution in [0.3, 0.4) is 0 Å². The van der Waals surface area contributed by atoms with Gasteiger partial charge in [0.15, 0.2) is 0 Å². The number of carbonyl (C=O) groups excluding carboxylic acids is 1. The quantitative estimate of drug-likeness (QED) is 0.767. The molecule has 0 saturated carbocycles. The molecule has 2 N–H and O–H groups in total. The van der Waals surface area contributed by atoms with Crippen LogP contribution >= 0.6 is 0 Å². The first-order valence-electron chi connectivity index (χ1n) is 8.07. The van der Waals surface area contributed by atoms with Gasteiger partial charge in [-0.1, -0.05) is 6.07 Å². The van der Waals surface area contributed by atoms with E-state index in [4.69, 9.17) is 0 Å². The standard InChI is InChI=1S/C17H18N6O/c24-17(12-6-7-14-15(10-12)21-22-20-14)19-13-4-3-9-23(11-13)16-5-1-2-8-18-16/h1-2,5-8,10,13H,3-4,9,11H2,(H,19,24)(H,20,21,22). The Morgan fingerprint density at radius 3 is 3.00 bits per heavy atom. The number of hydrogen-bond acceptors (Lipinski definition) is 5. The maximum Gasteiger partial charge on any atom is 0.251 e. The molecule has 2 aromatic heterocycles. The van der Waals surface area contributed by atoms with Crippen LogP contribution in [0.25, 0.3) is 11.0 Å². The molecule has 4 rings (SSSR count). The summed E-state index contributed by atoms with van der Waals surface area (Å²) in [5, 5.41) is 13.7. The molecule has 1 saturated heterocycles. The van der Waals surface area contributed by atoms with Crippen LogP contribution in [0.2, 0.25) is 0 Å². The number of piperidine rings is 1. The molecule has 1 fully saturated rings. The molecule has 0 spiro atoms. The number of aromatic nitrogens is 4. The third-order valence-electron chi connectivity index (χ3n) is 4.31. The van der Waals surface area contributed by atoms with Crippen molar-refractivity contribution in [3.63, 3.8) is 0 Å². The average molecular weight is 322 g/mol. The number of nitrogens with one attached hydrogen (secondary N) is 2. The summed E-state index contributed by atoms with van der Waals surface area (Å²) in [5.41, 5.74) is 2.05. The second-order valence-electron chi connectivity index (χ2n) is 5.97. The summed E-state index contributed by atoms with van der Waals surface area (Å²) in [6.45, 7) is 1.74. The SMILES string of the molecule is O=C(NC1CCCN(c2ccccn2)C1)c1ccc2n[nH]nc2c1. The van der Waals surface area contributed by atoms with Gasteiger partial charge in [0, 0.05) is 30.9 Å². The van der Waals surface area contributed by atoms with Gasteiger partial charge in [0.05, 0.1) is 0 Å². The van der Waals surface area contributed by atoms with Crippen LogP contribution in [0.5, 0.6) is 0 Å². The summed E-state index contributed by atoms with van der Waals surface area (Å²) < 4.78 is 0. The van der Waals surface area contributed by atoms with Gasteiger partial charge in [0.2, 0.25) is 0 Å². The van der Waals surface area contributed by atoms with Crippen molar-refractivity contribution in [1.82, 2.24) is 25.7 Å². The van der Waals surface area contributed by atoms with Crippen LogP contribution in [0.15, 0.2) is 42.6 Å². The zero-order valence-electron chi connectivity index (χ0n) is 13.1. The molecule has 1 aliphatic heterocycles. The lowest BCUT2D eigenvalue weighted by Crippen LogP contribution is -2.48. The molecule has 0 aliphatic carbocycles. The molecular formula is C17H18N6O. The number of rotatable bonds is 3. The smallest absolute Gasteiger partial charge is 0.251 e. The second kappa shape index (κ2) is 6.27. The highest BCUT2D eigenvalue weighted by Crippen LogP contribution is 2.18. The topological polar surface area (TPSA) is 86.8 Å². The monoisotopic (exact) mass is 322 g/mol. The lowest BCUT2D eigenvalue weighted by molar-refractivity contribution is 0.0933. The fraction of sp³-hybridized carbons (Fsp3) is 0.294. The minimum absolute atomic E-state index is 0.0761. The third kappa shape index (κ3) is 2.92. The first kappa shape index (κ1) is 14.6. The predicted molar refractivity (Wildman–Crippen MR) is 90.8 cm³/mol. The molecule has 1 aliphatic rings. The number of hydrogen-bond donors (Lipinski definition) is 2. The minimum atomic E-state index is -0.0761. The molecule has 3 heterocycles. The Bertz CT molecular complexity index is 846. The fourth-order valence-electron chi connectivity index (χ4n) is 3.09. The molecule has 7 heteroatoms. The van der Waals surface area contributed by atoms with Crippen LogP contribution in [0.1, 0.15) is 23.2 Å². The van der Waals surface area contributed by atoms with Crippen molar-refractivity contribution in [2.45, 2.75) is 18.9 Å². The van der Waals surface area contributed by atoms with Gasteiger partial charge in [-0.2, -0.15) is 15.4 Å². The van der Waals surface area contributed by atoms with Crippen molar-refractivity contribution in [3.8, 4) is 0 Å². The Hall–Kier alpha value is -2.96. The largest absolute Gasteiger partial charge is 0.355 e. The molecule has 0 bridgehead atoms. The number of anilines is 1.